The van der Waals surface area contributed by atoms with Crippen LogP contribution in [-0.4, -0.2) is 32.5 Å². The highest BCUT2D eigenvalue weighted by molar-refractivity contribution is 8.00. The Hall–Kier alpha value is -2.60. The summed E-state index contributed by atoms with van der Waals surface area (Å²) in [6.07, 6.45) is 0.919. The zero-order valence-electron chi connectivity index (χ0n) is 16.4. The molecule has 1 aliphatic heterocycles. The minimum Gasteiger partial charge on any atom is -0.311 e. The molecule has 4 rings (SSSR count). The van der Waals surface area contributed by atoms with Crippen molar-refractivity contribution in [3.8, 4) is 11.4 Å². The second-order valence-corrected chi connectivity index (χ2v) is 8.30. The molecule has 3 aromatic rings. The Kier molecular flexibility index (Phi) is 5.22. The van der Waals surface area contributed by atoms with Crippen molar-refractivity contribution in [2.45, 2.75) is 44.1 Å². The topological polar surface area (TPSA) is 51.0 Å². The van der Waals surface area contributed by atoms with E-state index in [1.54, 1.807) is 0 Å². The minimum absolute atomic E-state index is 0.123. The smallest absolute Gasteiger partial charge is 0.240 e. The van der Waals surface area contributed by atoms with Gasteiger partial charge in [0.2, 0.25) is 5.91 Å². The first kappa shape index (κ1) is 18.7. The normalized spacial score (nSPS) is 14.2. The van der Waals surface area contributed by atoms with Gasteiger partial charge in [-0.2, -0.15) is 0 Å². The van der Waals surface area contributed by atoms with Crippen molar-refractivity contribution in [2.75, 3.05) is 11.4 Å². The molecule has 28 heavy (non-hydrogen) atoms. The zero-order chi connectivity index (χ0) is 19.7. The van der Waals surface area contributed by atoms with Crippen molar-refractivity contribution in [2.24, 2.45) is 0 Å². The van der Waals surface area contributed by atoms with Crippen molar-refractivity contribution in [3.63, 3.8) is 0 Å². The van der Waals surface area contributed by atoms with E-state index in [-0.39, 0.29) is 11.2 Å². The number of carbonyl (C=O) groups is 1. The minimum atomic E-state index is -0.231. The number of hydrogen-bond acceptors (Lipinski definition) is 4. The van der Waals surface area contributed by atoms with Gasteiger partial charge in [-0.3, -0.25) is 4.79 Å². The molecule has 5 nitrogen and oxygen atoms in total. The van der Waals surface area contributed by atoms with Crippen LogP contribution in [-0.2, 0) is 17.8 Å². The molecule has 144 valence electrons. The van der Waals surface area contributed by atoms with Gasteiger partial charge in [0.25, 0.3) is 0 Å². The van der Waals surface area contributed by atoms with Crippen LogP contribution >= 0.6 is 11.8 Å². The van der Waals surface area contributed by atoms with Crippen molar-refractivity contribution >= 4 is 23.4 Å². The van der Waals surface area contributed by atoms with E-state index in [0.29, 0.717) is 0 Å². The lowest BCUT2D eigenvalue weighted by atomic mass is 10.1. The van der Waals surface area contributed by atoms with Gasteiger partial charge in [-0.05, 0) is 44.4 Å². The number of carbonyl (C=O) groups excluding carboxylic acids is 1. The number of rotatable bonds is 5. The Morgan fingerprint density at radius 3 is 2.68 bits per heavy atom. The van der Waals surface area contributed by atoms with Crippen LogP contribution in [0.4, 0.5) is 5.69 Å². The number of thioether (sulfide) groups is 1. The Morgan fingerprint density at radius 1 is 1.14 bits per heavy atom. The average Bonchev–Trinajstić information content (AvgIpc) is 3.31. The molecule has 2 aromatic carbocycles. The highest BCUT2D eigenvalue weighted by Crippen LogP contribution is 2.32. The first-order valence-electron chi connectivity index (χ1n) is 9.65. The van der Waals surface area contributed by atoms with E-state index in [1.165, 1.54) is 22.9 Å². The molecule has 2 heterocycles. The number of aromatic nitrogens is 3. The number of fused-ring (bicyclic) bond motifs is 1. The molecule has 1 amide bonds. The largest absolute Gasteiger partial charge is 0.311 e. The van der Waals surface area contributed by atoms with E-state index in [1.807, 2.05) is 42.2 Å². The highest BCUT2D eigenvalue weighted by Gasteiger charge is 2.29. The van der Waals surface area contributed by atoms with Gasteiger partial charge in [-0.15, -0.1) is 10.2 Å². The summed E-state index contributed by atoms with van der Waals surface area (Å²) in [5.41, 5.74) is 4.53. The molecular weight excluding hydrogens is 368 g/mol. The monoisotopic (exact) mass is 392 g/mol. The van der Waals surface area contributed by atoms with E-state index >= 15 is 0 Å². The summed E-state index contributed by atoms with van der Waals surface area (Å²) in [6, 6.07) is 16.3. The first-order valence-corrected chi connectivity index (χ1v) is 10.5. The second kappa shape index (κ2) is 7.80. The summed E-state index contributed by atoms with van der Waals surface area (Å²) < 4.78 is 2.09. The summed E-state index contributed by atoms with van der Waals surface area (Å²) in [7, 11) is 0. The standard InChI is InChI=1S/C22H24N4OS/c1-4-25-20(18-11-7-5-9-15(18)2)23-24-22(25)28-16(3)21(27)26-14-13-17-10-6-8-12-19(17)26/h5-12,16H,4,13-14H2,1-3H3/t16-/m1/s1. The van der Waals surface area contributed by atoms with Gasteiger partial charge < -0.3 is 9.47 Å². The molecule has 0 spiro atoms. The van der Waals surface area contributed by atoms with Crippen molar-refractivity contribution < 1.29 is 4.79 Å². The number of para-hydroxylation sites is 1. The van der Waals surface area contributed by atoms with Crippen LogP contribution < -0.4 is 4.90 Å². The molecule has 0 radical (unpaired) electrons. The number of anilines is 1. The SMILES string of the molecule is CCn1c(S[C@H](C)C(=O)N2CCc3ccccc32)nnc1-c1ccccc1C. The quantitative estimate of drug-likeness (QED) is 0.606. The van der Waals surface area contributed by atoms with E-state index in [9.17, 15) is 4.79 Å². The van der Waals surface area contributed by atoms with Crippen LogP contribution in [0.2, 0.25) is 0 Å². The summed E-state index contributed by atoms with van der Waals surface area (Å²) in [4.78, 5) is 15.0. The van der Waals surface area contributed by atoms with Gasteiger partial charge in [0.05, 0.1) is 5.25 Å². The molecule has 0 N–H and O–H groups in total. The molecule has 0 bridgehead atoms. The van der Waals surface area contributed by atoms with Gasteiger partial charge in [0.1, 0.15) is 0 Å². The van der Waals surface area contributed by atoms with Crippen molar-refractivity contribution in [1.82, 2.24) is 14.8 Å². The van der Waals surface area contributed by atoms with E-state index in [2.05, 4.69) is 46.8 Å². The summed E-state index contributed by atoms with van der Waals surface area (Å²) in [6.45, 7) is 7.62. The zero-order valence-corrected chi connectivity index (χ0v) is 17.2. The fourth-order valence-electron chi connectivity index (χ4n) is 3.68. The molecule has 0 unspecified atom stereocenters. The lowest BCUT2D eigenvalue weighted by Gasteiger charge is -2.21. The van der Waals surface area contributed by atoms with Crippen LogP contribution in [0.5, 0.6) is 0 Å². The molecule has 0 aliphatic carbocycles. The number of aryl methyl sites for hydroxylation is 1. The molecule has 1 aromatic heterocycles. The van der Waals surface area contributed by atoms with Gasteiger partial charge >= 0.3 is 0 Å². The van der Waals surface area contributed by atoms with Crippen LogP contribution in [0.3, 0.4) is 0 Å². The fraction of sp³-hybridized carbons (Fsp3) is 0.318. The van der Waals surface area contributed by atoms with Crippen molar-refractivity contribution in [3.05, 3.63) is 59.7 Å². The van der Waals surface area contributed by atoms with Crippen LogP contribution in [0.15, 0.2) is 53.7 Å². The molecule has 0 fully saturated rings. The number of amides is 1. The fourth-order valence-corrected chi connectivity index (χ4v) is 4.65. The van der Waals surface area contributed by atoms with Crippen LogP contribution in [0.25, 0.3) is 11.4 Å². The van der Waals surface area contributed by atoms with E-state index in [0.717, 1.165) is 41.7 Å². The highest BCUT2D eigenvalue weighted by atomic mass is 32.2. The third kappa shape index (κ3) is 3.33. The van der Waals surface area contributed by atoms with E-state index < -0.39 is 0 Å². The van der Waals surface area contributed by atoms with Crippen LogP contribution in [0.1, 0.15) is 25.0 Å². The average molecular weight is 393 g/mol. The molecule has 0 saturated heterocycles. The first-order chi connectivity index (χ1) is 13.6. The maximum atomic E-state index is 13.1. The Morgan fingerprint density at radius 2 is 1.89 bits per heavy atom. The van der Waals surface area contributed by atoms with Gasteiger partial charge in [-0.1, -0.05) is 54.2 Å². The predicted molar refractivity (Wildman–Crippen MR) is 114 cm³/mol. The Bertz CT molecular complexity index is 1010. The van der Waals surface area contributed by atoms with E-state index in [4.69, 9.17) is 0 Å². The van der Waals surface area contributed by atoms with Gasteiger partial charge in [0, 0.05) is 24.3 Å². The summed E-state index contributed by atoms with van der Waals surface area (Å²) in [5.74, 6) is 0.979. The number of hydrogen-bond donors (Lipinski definition) is 0. The molecular formula is C22H24N4OS. The maximum Gasteiger partial charge on any atom is 0.240 e. The van der Waals surface area contributed by atoms with Gasteiger partial charge in [-0.25, -0.2) is 0 Å². The second-order valence-electron chi connectivity index (χ2n) is 6.99. The lowest BCUT2D eigenvalue weighted by Crippen LogP contribution is -2.35. The third-order valence-electron chi connectivity index (χ3n) is 5.20. The molecule has 1 atom stereocenters. The molecule has 6 heteroatoms. The predicted octanol–water partition coefficient (Wildman–Crippen LogP) is 4.34. The molecule has 0 saturated carbocycles. The number of nitrogens with zero attached hydrogens (tertiary/aromatic N) is 4. The summed E-state index contributed by atoms with van der Waals surface area (Å²) in [5, 5.41) is 9.39. The van der Waals surface area contributed by atoms with Crippen molar-refractivity contribution in [1.29, 1.82) is 0 Å². The lowest BCUT2D eigenvalue weighted by molar-refractivity contribution is -0.117. The van der Waals surface area contributed by atoms with Gasteiger partial charge in [0.15, 0.2) is 11.0 Å². The third-order valence-corrected chi connectivity index (χ3v) is 6.27. The molecule has 1 aliphatic rings. The Labute approximate surface area is 169 Å². The maximum absolute atomic E-state index is 13.1. The Balaban J connectivity index is 1.56. The summed E-state index contributed by atoms with van der Waals surface area (Å²) >= 11 is 1.48. The number of benzene rings is 2. The van der Waals surface area contributed by atoms with Crippen LogP contribution in [0, 0.1) is 6.92 Å².